The van der Waals surface area contributed by atoms with Crippen LogP contribution in [-0.4, -0.2) is 147 Å². The van der Waals surface area contributed by atoms with Crippen molar-refractivity contribution in [3.63, 3.8) is 0 Å². The molecule has 2 aromatic carbocycles. The molecule has 0 spiro atoms. The predicted octanol–water partition coefficient (Wildman–Crippen LogP) is 2.64. The predicted molar refractivity (Wildman–Crippen MR) is 283 cm³/mol. The van der Waals surface area contributed by atoms with Gasteiger partial charge in [-0.1, -0.05) is 45.0 Å². The molecule has 0 radical (unpaired) electrons. The molecule has 7 atom stereocenters. The van der Waals surface area contributed by atoms with E-state index in [0.29, 0.717) is 29.1 Å². The Morgan fingerprint density at radius 1 is 0.912 bits per heavy atom. The van der Waals surface area contributed by atoms with Crippen molar-refractivity contribution in [1.82, 2.24) is 19.9 Å². The number of likely N-dealkylation sites (tertiary alicyclic amines) is 1. The molecule has 3 heterocycles. The summed E-state index contributed by atoms with van der Waals surface area (Å²) in [5, 5.41) is 38.0. The van der Waals surface area contributed by atoms with Gasteiger partial charge in [0.15, 0.2) is 5.78 Å². The van der Waals surface area contributed by atoms with Crippen molar-refractivity contribution in [3.05, 3.63) is 84.2 Å². The summed E-state index contributed by atoms with van der Waals surface area (Å²) in [7, 11) is -4.32. The zero-order valence-corrected chi connectivity index (χ0v) is 45.5. The van der Waals surface area contributed by atoms with Crippen LogP contribution in [0.15, 0.2) is 73.1 Å². The van der Waals surface area contributed by atoms with Crippen LogP contribution < -0.4 is 36.7 Å². The molecule has 80 heavy (non-hydrogen) atoms. The Balaban J connectivity index is 1.05. The average molecular weight is 1150 g/mol. The number of aliphatic hydroxyl groups is 2. The fraction of sp³-hybridized carbons (Fsp3) is 0.528. The molecule has 1 unspecified atom stereocenters. The number of rotatable bonds is 31. The third-order valence-electron chi connectivity index (χ3n) is 13.8. The van der Waals surface area contributed by atoms with Gasteiger partial charge in [-0.3, -0.25) is 33.1 Å². The van der Waals surface area contributed by atoms with Gasteiger partial charge >= 0.3 is 22.5 Å². The highest BCUT2D eigenvalue weighted by Gasteiger charge is 2.43. The summed E-state index contributed by atoms with van der Waals surface area (Å²) in [6, 6.07) is 12.6. The maximum Gasteiger partial charge on any atom is 0.416 e. The fourth-order valence-corrected chi connectivity index (χ4v) is 9.84. The van der Waals surface area contributed by atoms with Crippen molar-refractivity contribution in [1.29, 1.82) is 0 Å². The number of imide groups is 1. The number of ketones is 1. The third-order valence-corrected chi connectivity index (χ3v) is 14.2. The SMILES string of the molecule is CC1CC(=O)N(CCOCCOCCOCCC(=O)N[C@H](C(=O)C[C@@H](CCCNC(N)=O)C(=O)Nc2ccc(C[n+]3ccc(N[C@@H]4C[C@H](COS(N)(=O)=O)[C@@H](O)[C@H]4O)n4cc(-c5cccc(C(F)(F)F)c5)cc43)cc2)C(C)C)C1=O. The average Bonchev–Trinajstić information content (AvgIpc) is 4.04. The molecule has 1 saturated heterocycles. The number of alkyl halides is 3. The van der Waals surface area contributed by atoms with Crippen LogP contribution in [0.1, 0.15) is 70.4 Å². The van der Waals surface area contributed by atoms with Gasteiger partial charge in [-0.25, -0.2) is 14.5 Å². The lowest BCUT2D eigenvalue weighted by atomic mass is 9.89. The van der Waals surface area contributed by atoms with E-state index in [1.165, 1.54) is 17.0 Å². The van der Waals surface area contributed by atoms with E-state index in [2.05, 4.69) is 25.5 Å². The summed E-state index contributed by atoms with van der Waals surface area (Å²) < 4.78 is 88.9. The topological polar surface area (TPSA) is 326 Å². The van der Waals surface area contributed by atoms with Crippen LogP contribution in [0.2, 0.25) is 0 Å². The normalized spacial score (nSPS) is 19.4. The first-order valence-corrected chi connectivity index (χ1v) is 27.7. The lowest BCUT2D eigenvalue weighted by Crippen LogP contribution is -2.45. The number of benzene rings is 2. The molecule has 1 saturated carbocycles. The number of hydrogen-bond acceptors (Lipinski definition) is 15. The molecule has 23 nitrogen and oxygen atoms in total. The van der Waals surface area contributed by atoms with Crippen molar-refractivity contribution >= 4 is 62.9 Å². The number of ether oxygens (including phenoxy) is 3. The standard InChI is InChI=1S/C53H70F3N9O14S/c1-32(2)47(62-44(67)14-18-76-20-22-78-23-21-77-19-17-64-46(68)24-33(3)51(64)72)42(66)27-36(7-5-15-59-52(57)73)50(71)60-40-11-9-34(10-12-40)29-63-16-13-43(61-41-26-38(48(69)49(41)70)31-79-80(58,74)75)65-30-37(28-45(63)65)35-6-4-8-39(25-35)53(54,55)56/h4,6,8-13,16,25,28,30,32-33,36,38,41,47-49,69-70H,5,7,14-15,17-24,26-27,29,31H2,1-3H3,(H7,57,58,59,60,62,67,71,73,74,75)/p+1/t33?,36-,38-,41-,47+,48-,49+/m1/s1. The fourth-order valence-electron chi connectivity index (χ4n) is 9.47. The number of Topliss-reactive ketones (excluding diaryl/α,β-unsaturated/α-hetero) is 1. The number of carbonyl (C=O) groups is 6. The summed E-state index contributed by atoms with van der Waals surface area (Å²) in [6.07, 6.45) is -3.50. The number of primary amides is 1. The lowest BCUT2D eigenvalue weighted by Gasteiger charge is -2.24. The molecule has 2 fully saturated rings. The van der Waals surface area contributed by atoms with Crippen LogP contribution in [0.3, 0.4) is 0 Å². The molecule has 1 aliphatic heterocycles. The molecule has 1 aliphatic carbocycles. The summed E-state index contributed by atoms with van der Waals surface area (Å²) in [5.74, 6) is -3.64. The minimum absolute atomic E-state index is 0.0487. The van der Waals surface area contributed by atoms with Crippen LogP contribution in [0.4, 0.5) is 29.5 Å². The molecule has 6 amide bonds. The molecule has 2 aromatic heterocycles. The molecule has 2 aliphatic rings. The summed E-state index contributed by atoms with van der Waals surface area (Å²) in [6.45, 7) is 6.49. The van der Waals surface area contributed by atoms with E-state index in [9.17, 15) is 60.6 Å². The van der Waals surface area contributed by atoms with E-state index in [1.807, 2.05) is 4.57 Å². The second kappa shape index (κ2) is 28.7. The van der Waals surface area contributed by atoms with Crippen LogP contribution in [-0.2, 0) is 65.4 Å². The first kappa shape index (κ1) is 62.6. The van der Waals surface area contributed by atoms with Gasteiger partial charge in [0.25, 0.3) is 5.65 Å². The summed E-state index contributed by atoms with van der Waals surface area (Å²) in [4.78, 5) is 77.3. The van der Waals surface area contributed by atoms with Crippen molar-refractivity contribution in [3.8, 4) is 11.1 Å². The maximum absolute atomic E-state index is 13.9. The van der Waals surface area contributed by atoms with Crippen LogP contribution >= 0.6 is 0 Å². The molecule has 438 valence electrons. The van der Waals surface area contributed by atoms with Gasteiger partial charge in [0, 0.05) is 66.9 Å². The number of nitrogens with one attached hydrogen (secondary N) is 4. The molecular weight excluding hydrogens is 1080 g/mol. The molecule has 10 N–H and O–H groups in total. The summed E-state index contributed by atoms with van der Waals surface area (Å²) in [5.41, 5.74) is 6.74. The largest absolute Gasteiger partial charge is 0.416 e. The molecular formula is C53H71F3N9O14S+. The van der Waals surface area contributed by atoms with Gasteiger partial charge in [0.2, 0.25) is 29.4 Å². The minimum atomic E-state index is -4.60. The number of aliphatic hydroxyl groups excluding tert-OH is 2. The summed E-state index contributed by atoms with van der Waals surface area (Å²) >= 11 is 0. The molecule has 6 rings (SSSR count). The van der Waals surface area contributed by atoms with Gasteiger partial charge < -0.3 is 51.4 Å². The first-order chi connectivity index (χ1) is 37.9. The Morgan fingerprint density at radius 2 is 1.60 bits per heavy atom. The first-order valence-electron chi connectivity index (χ1n) is 26.2. The number of urea groups is 1. The van der Waals surface area contributed by atoms with Gasteiger partial charge in [0.1, 0.15) is 18.8 Å². The second-order valence-corrected chi connectivity index (χ2v) is 21.4. The van der Waals surface area contributed by atoms with Crippen molar-refractivity contribution in [2.75, 3.05) is 70.0 Å². The van der Waals surface area contributed by atoms with Crippen LogP contribution in [0, 0.1) is 23.7 Å². The Hall–Kier alpha value is -6.59. The minimum Gasteiger partial charge on any atom is -0.390 e. The number of carbonyl (C=O) groups excluding carboxylic acids is 6. The maximum atomic E-state index is 13.9. The Labute approximate surface area is 461 Å². The van der Waals surface area contributed by atoms with Gasteiger partial charge in [-0.2, -0.15) is 26.0 Å². The van der Waals surface area contributed by atoms with E-state index >= 15 is 0 Å². The van der Waals surface area contributed by atoms with Crippen molar-refractivity contribution in [2.45, 2.75) is 96.3 Å². The Morgan fingerprint density at radius 3 is 2.24 bits per heavy atom. The van der Waals surface area contributed by atoms with E-state index in [4.69, 9.17) is 25.1 Å². The zero-order chi connectivity index (χ0) is 58.3. The van der Waals surface area contributed by atoms with Gasteiger partial charge in [-0.15, -0.1) is 0 Å². The Bertz CT molecular complexity index is 2910. The number of hydrogen-bond donors (Lipinski definition) is 8. The monoisotopic (exact) mass is 1150 g/mol. The number of fused-ring (bicyclic) bond motifs is 1. The van der Waals surface area contributed by atoms with E-state index in [0.717, 1.165) is 17.7 Å². The van der Waals surface area contributed by atoms with E-state index < -0.39 is 82.6 Å². The van der Waals surface area contributed by atoms with Crippen molar-refractivity contribution in [2.24, 2.45) is 34.5 Å². The number of anilines is 2. The number of nitrogens with two attached hydrogens (primary N) is 2. The van der Waals surface area contributed by atoms with Crippen LogP contribution in [0.25, 0.3) is 16.8 Å². The third kappa shape index (κ3) is 18.2. The quantitative estimate of drug-likeness (QED) is 0.0204. The van der Waals surface area contributed by atoms with Crippen LogP contribution in [0.5, 0.6) is 0 Å². The number of amides is 6. The Kier molecular flexibility index (Phi) is 22.5. The second-order valence-electron chi connectivity index (χ2n) is 20.2. The highest BCUT2D eigenvalue weighted by molar-refractivity contribution is 7.84. The molecule has 27 heteroatoms. The van der Waals surface area contributed by atoms with Gasteiger partial charge in [-0.05, 0) is 60.6 Å². The van der Waals surface area contributed by atoms with Crippen molar-refractivity contribution < 1.29 is 83.5 Å². The highest BCUT2D eigenvalue weighted by Crippen LogP contribution is 2.34. The highest BCUT2D eigenvalue weighted by atomic mass is 32.2. The number of nitrogens with zero attached hydrogens (tertiary/aromatic N) is 3. The number of aromatic nitrogens is 2. The van der Waals surface area contributed by atoms with E-state index in [-0.39, 0.29) is 126 Å². The zero-order valence-electron chi connectivity index (χ0n) is 44.7. The molecule has 0 bridgehead atoms. The van der Waals surface area contributed by atoms with Gasteiger partial charge in [0.05, 0.1) is 82.7 Å². The lowest BCUT2D eigenvalue weighted by molar-refractivity contribution is -0.665. The van der Waals surface area contributed by atoms with E-state index in [1.54, 1.807) is 74.0 Å². The smallest absolute Gasteiger partial charge is 0.390 e. The molecule has 4 aromatic rings. The number of halogens is 3.